The fourth-order valence-electron chi connectivity index (χ4n) is 0.913. The van der Waals surface area contributed by atoms with Crippen LogP contribution in [0.15, 0.2) is 9.95 Å². The van der Waals surface area contributed by atoms with E-state index in [9.17, 15) is 4.79 Å². The maximum atomic E-state index is 11.0. The highest BCUT2D eigenvalue weighted by Gasteiger charge is 2.07. The van der Waals surface area contributed by atoms with Crippen LogP contribution in [0.5, 0.6) is 0 Å². The van der Waals surface area contributed by atoms with Gasteiger partial charge in [0, 0.05) is 7.05 Å². The Morgan fingerprint density at radius 2 is 2.40 bits per heavy atom. The third kappa shape index (κ3) is 2.18. The third-order valence-electron chi connectivity index (χ3n) is 1.65. The first-order valence-electron chi connectivity index (χ1n) is 3.99. The Morgan fingerprint density at radius 1 is 1.60 bits per heavy atom. The number of hydrogen-bond donors (Lipinski definition) is 2. The standard InChI is InChI=1S/C6H8N6OS2/c1-12-5(13)10-11-6(12)14-2-3-8-9-4(7)15-3/h2H2,1H3,(H2,7,9)(H,10,13). The first-order chi connectivity index (χ1) is 7.16. The Kier molecular flexibility index (Phi) is 2.73. The summed E-state index contributed by atoms with van der Waals surface area (Å²) in [4.78, 5) is 11.0. The number of anilines is 1. The molecule has 9 heteroatoms. The molecule has 0 fully saturated rings. The molecule has 0 radical (unpaired) electrons. The number of nitrogens with two attached hydrogens (primary N) is 1. The van der Waals surface area contributed by atoms with Gasteiger partial charge in [-0.25, -0.2) is 9.89 Å². The smallest absolute Gasteiger partial charge is 0.343 e. The number of thioether (sulfide) groups is 1. The molecule has 0 spiro atoms. The number of nitrogen functional groups attached to an aromatic ring is 1. The van der Waals surface area contributed by atoms with E-state index in [-0.39, 0.29) is 5.69 Å². The molecule has 0 aliphatic heterocycles. The summed E-state index contributed by atoms with van der Waals surface area (Å²) >= 11 is 2.74. The van der Waals surface area contributed by atoms with Crippen molar-refractivity contribution >= 4 is 28.2 Å². The molecule has 2 heterocycles. The minimum absolute atomic E-state index is 0.228. The maximum Gasteiger partial charge on any atom is 0.343 e. The topological polar surface area (TPSA) is 102 Å². The summed E-state index contributed by atoms with van der Waals surface area (Å²) in [6.45, 7) is 0. The molecule has 15 heavy (non-hydrogen) atoms. The zero-order chi connectivity index (χ0) is 10.8. The van der Waals surface area contributed by atoms with Crippen molar-refractivity contribution in [1.82, 2.24) is 25.0 Å². The predicted molar refractivity (Wildman–Crippen MR) is 57.7 cm³/mol. The quantitative estimate of drug-likeness (QED) is 0.727. The number of aromatic nitrogens is 5. The van der Waals surface area contributed by atoms with Crippen LogP contribution in [0.4, 0.5) is 5.13 Å². The number of nitrogens with zero attached hydrogens (tertiary/aromatic N) is 4. The Hall–Kier alpha value is -1.35. The molecule has 0 aliphatic carbocycles. The van der Waals surface area contributed by atoms with Crippen LogP contribution in [0.3, 0.4) is 0 Å². The van der Waals surface area contributed by atoms with E-state index >= 15 is 0 Å². The monoisotopic (exact) mass is 244 g/mol. The van der Waals surface area contributed by atoms with Crippen molar-refractivity contribution in [2.75, 3.05) is 5.73 Å². The van der Waals surface area contributed by atoms with Crippen LogP contribution in [0.25, 0.3) is 0 Å². The van der Waals surface area contributed by atoms with Crippen LogP contribution in [0.1, 0.15) is 5.01 Å². The molecule has 0 atom stereocenters. The van der Waals surface area contributed by atoms with E-state index in [0.717, 1.165) is 5.01 Å². The summed E-state index contributed by atoms with van der Waals surface area (Å²) in [5.41, 5.74) is 5.21. The fourth-order valence-corrected chi connectivity index (χ4v) is 2.43. The van der Waals surface area contributed by atoms with E-state index in [2.05, 4.69) is 20.4 Å². The summed E-state index contributed by atoms with van der Waals surface area (Å²) in [5, 5.41) is 15.6. The van der Waals surface area contributed by atoms with Gasteiger partial charge < -0.3 is 5.73 Å². The zero-order valence-corrected chi connectivity index (χ0v) is 9.43. The van der Waals surface area contributed by atoms with Gasteiger partial charge in [0.1, 0.15) is 5.01 Å². The molecular weight excluding hydrogens is 236 g/mol. The van der Waals surface area contributed by atoms with E-state index in [1.165, 1.54) is 27.7 Å². The van der Waals surface area contributed by atoms with E-state index in [0.29, 0.717) is 16.0 Å². The lowest BCUT2D eigenvalue weighted by molar-refractivity contribution is 0.765. The van der Waals surface area contributed by atoms with E-state index in [4.69, 9.17) is 5.73 Å². The highest BCUT2D eigenvalue weighted by molar-refractivity contribution is 7.98. The predicted octanol–water partition coefficient (Wildman–Crippen LogP) is -0.166. The second kappa shape index (κ2) is 4.03. The van der Waals surface area contributed by atoms with E-state index in [1.807, 2.05) is 0 Å². The van der Waals surface area contributed by atoms with Crippen LogP contribution < -0.4 is 11.4 Å². The molecule has 0 amide bonds. The molecular formula is C6H8N6OS2. The van der Waals surface area contributed by atoms with E-state index in [1.54, 1.807) is 7.05 Å². The summed E-state index contributed by atoms with van der Waals surface area (Å²) < 4.78 is 1.44. The van der Waals surface area contributed by atoms with Crippen molar-refractivity contribution in [2.45, 2.75) is 10.9 Å². The van der Waals surface area contributed by atoms with Crippen molar-refractivity contribution in [1.29, 1.82) is 0 Å². The second-order valence-corrected chi connectivity index (χ2v) is 4.73. The normalized spacial score (nSPS) is 10.7. The Bertz CT molecular complexity index is 514. The number of rotatable bonds is 3. The zero-order valence-electron chi connectivity index (χ0n) is 7.80. The average molecular weight is 244 g/mol. The van der Waals surface area contributed by atoms with Gasteiger partial charge in [-0.1, -0.05) is 23.1 Å². The van der Waals surface area contributed by atoms with Crippen molar-refractivity contribution in [3.63, 3.8) is 0 Å². The van der Waals surface area contributed by atoms with Gasteiger partial charge in [-0.2, -0.15) is 0 Å². The van der Waals surface area contributed by atoms with Crippen LogP contribution in [-0.4, -0.2) is 25.0 Å². The van der Waals surface area contributed by atoms with Crippen LogP contribution in [-0.2, 0) is 12.8 Å². The lowest BCUT2D eigenvalue weighted by atomic mass is 10.9. The molecule has 0 saturated heterocycles. The van der Waals surface area contributed by atoms with Gasteiger partial charge in [0.05, 0.1) is 5.75 Å². The molecule has 7 nitrogen and oxygen atoms in total. The molecule has 0 unspecified atom stereocenters. The molecule has 2 aromatic rings. The van der Waals surface area contributed by atoms with Crippen LogP contribution in [0.2, 0.25) is 0 Å². The molecule has 80 valence electrons. The highest BCUT2D eigenvalue weighted by Crippen LogP contribution is 2.21. The van der Waals surface area contributed by atoms with Gasteiger partial charge in [-0.3, -0.25) is 4.57 Å². The Labute approximate surface area is 92.7 Å². The average Bonchev–Trinajstić information content (AvgIpc) is 2.74. The van der Waals surface area contributed by atoms with Gasteiger partial charge in [0.15, 0.2) is 5.16 Å². The number of aromatic amines is 1. The molecule has 2 aromatic heterocycles. The largest absolute Gasteiger partial charge is 0.374 e. The minimum atomic E-state index is -0.228. The van der Waals surface area contributed by atoms with Crippen molar-refractivity contribution < 1.29 is 0 Å². The van der Waals surface area contributed by atoms with Crippen molar-refractivity contribution in [2.24, 2.45) is 7.05 Å². The Balaban J connectivity index is 2.05. The van der Waals surface area contributed by atoms with Crippen LogP contribution >= 0.6 is 23.1 Å². The third-order valence-corrected chi connectivity index (χ3v) is 3.62. The summed E-state index contributed by atoms with van der Waals surface area (Å²) in [6.07, 6.45) is 0. The highest BCUT2D eigenvalue weighted by atomic mass is 32.2. The Morgan fingerprint density at radius 3 is 2.93 bits per heavy atom. The first kappa shape index (κ1) is 10.2. The molecule has 0 aromatic carbocycles. The summed E-state index contributed by atoms with van der Waals surface area (Å²) in [7, 11) is 1.66. The molecule has 0 aliphatic rings. The fraction of sp³-hybridized carbons (Fsp3) is 0.333. The van der Waals surface area contributed by atoms with Gasteiger partial charge in [-0.15, -0.1) is 15.3 Å². The number of hydrogen-bond acceptors (Lipinski definition) is 7. The minimum Gasteiger partial charge on any atom is -0.374 e. The van der Waals surface area contributed by atoms with Gasteiger partial charge in [-0.05, 0) is 0 Å². The summed E-state index contributed by atoms with van der Waals surface area (Å²) in [6, 6.07) is 0. The SMILES string of the molecule is Cn1c(SCc2nnc(N)s2)n[nH]c1=O. The van der Waals surface area contributed by atoms with Gasteiger partial charge in [0.25, 0.3) is 0 Å². The summed E-state index contributed by atoms with van der Waals surface area (Å²) in [5.74, 6) is 0.604. The molecule has 0 bridgehead atoms. The molecule has 2 rings (SSSR count). The van der Waals surface area contributed by atoms with Gasteiger partial charge >= 0.3 is 5.69 Å². The van der Waals surface area contributed by atoms with Crippen molar-refractivity contribution in [3.8, 4) is 0 Å². The second-order valence-electron chi connectivity index (χ2n) is 2.69. The molecule has 3 N–H and O–H groups in total. The van der Waals surface area contributed by atoms with Gasteiger partial charge in [0.2, 0.25) is 5.13 Å². The molecule has 0 saturated carbocycles. The lowest BCUT2D eigenvalue weighted by Crippen LogP contribution is -2.12. The van der Waals surface area contributed by atoms with Crippen molar-refractivity contribution in [3.05, 3.63) is 15.5 Å². The first-order valence-corrected chi connectivity index (χ1v) is 5.79. The maximum absolute atomic E-state index is 11.0. The number of nitrogens with one attached hydrogen (secondary N) is 1. The van der Waals surface area contributed by atoms with E-state index < -0.39 is 0 Å². The number of H-pyrrole nitrogens is 1. The lowest BCUT2D eigenvalue weighted by Gasteiger charge is -1.95. The van der Waals surface area contributed by atoms with Crippen LogP contribution in [0, 0.1) is 0 Å².